The van der Waals surface area contributed by atoms with Gasteiger partial charge in [-0.15, -0.1) is 0 Å². The van der Waals surface area contributed by atoms with Crippen molar-refractivity contribution < 1.29 is 4.39 Å². The van der Waals surface area contributed by atoms with Gasteiger partial charge < -0.3 is 0 Å². The van der Waals surface area contributed by atoms with E-state index in [9.17, 15) is 9.18 Å². The highest BCUT2D eigenvalue weighted by Gasteiger charge is 2.04. The first-order valence-corrected chi connectivity index (χ1v) is 5.65. The van der Waals surface area contributed by atoms with Gasteiger partial charge in [0.05, 0.1) is 4.53 Å². The quantitative estimate of drug-likeness (QED) is 0.640. The zero-order valence-electron chi connectivity index (χ0n) is 8.50. The Hall–Kier alpha value is -2.08. The highest BCUT2D eigenvalue weighted by molar-refractivity contribution is 7.15. The van der Waals surface area contributed by atoms with Crippen molar-refractivity contribution in [2.24, 2.45) is 0 Å². The van der Waals surface area contributed by atoms with Crippen LogP contribution in [0.3, 0.4) is 0 Å². The normalized spacial score (nSPS) is 12.4. The third-order valence-electron chi connectivity index (χ3n) is 2.29. The molecule has 0 aliphatic carbocycles. The average molecular weight is 247 g/mol. The van der Waals surface area contributed by atoms with Crippen LogP contribution in [0.1, 0.15) is 5.56 Å². The van der Waals surface area contributed by atoms with Crippen LogP contribution in [0.2, 0.25) is 0 Å². The summed E-state index contributed by atoms with van der Waals surface area (Å²) in [6, 6.07) is 5.94. The van der Waals surface area contributed by atoms with Crippen molar-refractivity contribution in [1.29, 1.82) is 0 Å². The Labute approximate surface area is 98.7 Å². The number of nitrogens with zero attached hydrogens (tertiary/aromatic N) is 3. The van der Waals surface area contributed by atoms with Gasteiger partial charge in [-0.1, -0.05) is 23.5 Å². The highest BCUT2D eigenvalue weighted by atomic mass is 32.1. The van der Waals surface area contributed by atoms with Gasteiger partial charge in [0.1, 0.15) is 12.1 Å². The molecule has 0 spiro atoms. The fourth-order valence-corrected chi connectivity index (χ4v) is 2.37. The van der Waals surface area contributed by atoms with E-state index in [2.05, 4.69) is 10.1 Å². The van der Waals surface area contributed by atoms with E-state index in [0.717, 1.165) is 5.56 Å². The third-order valence-corrected chi connectivity index (χ3v) is 3.26. The van der Waals surface area contributed by atoms with E-state index < -0.39 is 0 Å². The maximum absolute atomic E-state index is 12.7. The number of hydrogen-bond acceptors (Lipinski definition) is 4. The van der Waals surface area contributed by atoms with E-state index in [1.54, 1.807) is 18.2 Å². The summed E-state index contributed by atoms with van der Waals surface area (Å²) < 4.78 is 14.5. The van der Waals surface area contributed by atoms with E-state index in [4.69, 9.17) is 0 Å². The molecule has 0 unspecified atom stereocenters. The maximum atomic E-state index is 12.7. The SMILES string of the molecule is O=c1c(=Cc2ccc(F)cc2)sc2ncnn12. The summed E-state index contributed by atoms with van der Waals surface area (Å²) in [5, 5.41) is 3.82. The van der Waals surface area contributed by atoms with E-state index in [-0.39, 0.29) is 11.4 Å². The molecule has 4 nitrogen and oxygen atoms in total. The molecule has 84 valence electrons. The molecule has 0 saturated heterocycles. The molecule has 0 atom stereocenters. The minimum atomic E-state index is -0.299. The number of aromatic nitrogens is 3. The van der Waals surface area contributed by atoms with Gasteiger partial charge in [0.15, 0.2) is 0 Å². The van der Waals surface area contributed by atoms with Gasteiger partial charge in [-0.25, -0.2) is 9.37 Å². The van der Waals surface area contributed by atoms with Gasteiger partial charge in [0.25, 0.3) is 5.56 Å². The maximum Gasteiger partial charge on any atom is 0.291 e. The molecule has 0 saturated carbocycles. The predicted octanol–water partition coefficient (Wildman–Crippen LogP) is 0.838. The standard InChI is InChI=1S/C11H6FN3OS/c12-8-3-1-7(2-4-8)5-9-10(16)15-11(17-9)13-6-14-15/h1-6H. The number of halogens is 1. The second-order valence-electron chi connectivity index (χ2n) is 3.42. The molecule has 3 rings (SSSR count). The van der Waals surface area contributed by atoms with Gasteiger partial charge in [-0.3, -0.25) is 4.79 Å². The van der Waals surface area contributed by atoms with Crippen LogP contribution in [0.4, 0.5) is 4.39 Å². The second-order valence-corrected chi connectivity index (χ2v) is 4.43. The Morgan fingerprint density at radius 3 is 2.76 bits per heavy atom. The first kappa shape index (κ1) is 10.1. The second kappa shape index (κ2) is 3.74. The van der Waals surface area contributed by atoms with Gasteiger partial charge in [0, 0.05) is 0 Å². The van der Waals surface area contributed by atoms with Crippen LogP contribution < -0.4 is 10.1 Å². The molecule has 1 aromatic carbocycles. The topological polar surface area (TPSA) is 47.3 Å². The number of thiazole rings is 1. The molecule has 0 bridgehead atoms. The Kier molecular flexibility index (Phi) is 2.22. The summed E-state index contributed by atoms with van der Waals surface area (Å²) in [5.74, 6) is -0.299. The summed E-state index contributed by atoms with van der Waals surface area (Å²) in [5.41, 5.74) is 0.569. The summed E-state index contributed by atoms with van der Waals surface area (Å²) in [6.45, 7) is 0. The van der Waals surface area contributed by atoms with Crippen LogP contribution in [0, 0.1) is 5.82 Å². The van der Waals surface area contributed by atoms with Crippen molar-refractivity contribution in [2.75, 3.05) is 0 Å². The van der Waals surface area contributed by atoms with Crippen molar-refractivity contribution in [3.8, 4) is 0 Å². The zero-order valence-corrected chi connectivity index (χ0v) is 9.32. The molecule has 2 heterocycles. The highest BCUT2D eigenvalue weighted by Crippen LogP contribution is 2.04. The molecule has 0 radical (unpaired) electrons. The predicted molar refractivity (Wildman–Crippen MR) is 62.3 cm³/mol. The van der Waals surface area contributed by atoms with Gasteiger partial charge in [-0.2, -0.15) is 9.61 Å². The Morgan fingerprint density at radius 2 is 2.06 bits per heavy atom. The van der Waals surface area contributed by atoms with E-state index in [1.807, 2.05) is 0 Å². The lowest BCUT2D eigenvalue weighted by atomic mass is 10.2. The van der Waals surface area contributed by atoms with Crippen molar-refractivity contribution in [3.63, 3.8) is 0 Å². The zero-order chi connectivity index (χ0) is 11.8. The fourth-order valence-electron chi connectivity index (χ4n) is 1.49. The van der Waals surface area contributed by atoms with E-state index >= 15 is 0 Å². The van der Waals surface area contributed by atoms with Crippen molar-refractivity contribution in [1.82, 2.24) is 14.6 Å². The van der Waals surface area contributed by atoms with Crippen molar-refractivity contribution >= 4 is 22.4 Å². The summed E-state index contributed by atoms with van der Waals surface area (Å²) >= 11 is 1.26. The molecule has 0 N–H and O–H groups in total. The van der Waals surface area contributed by atoms with Crippen LogP contribution in [0.15, 0.2) is 35.4 Å². The summed E-state index contributed by atoms with van der Waals surface area (Å²) in [4.78, 5) is 16.3. The Balaban J connectivity index is 2.20. The van der Waals surface area contributed by atoms with Crippen molar-refractivity contribution in [2.45, 2.75) is 0 Å². The Bertz CT molecular complexity index is 775. The van der Waals surface area contributed by atoms with Crippen LogP contribution in [-0.2, 0) is 0 Å². The molecule has 0 aliphatic rings. The lowest BCUT2D eigenvalue weighted by Crippen LogP contribution is -2.23. The first-order chi connectivity index (χ1) is 8.24. The van der Waals surface area contributed by atoms with E-state index in [1.165, 1.54) is 34.3 Å². The minimum absolute atomic E-state index is 0.202. The van der Waals surface area contributed by atoms with Crippen LogP contribution in [-0.4, -0.2) is 14.6 Å². The third kappa shape index (κ3) is 1.72. The summed E-state index contributed by atoms with van der Waals surface area (Å²) in [7, 11) is 0. The van der Waals surface area contributed by atoms with E-state index in [0.29, 0.717) is 9.49 Å². The average Bonchev–Trinajstić information content (AvgIpc) is 2.87. The fraction of sp³-hybridized carbons (Fsp3) is 0. The monoisotopic (exact) mass is 247 g/mol. The molecule has 17 heavy (non-hydrogen) atoms. The number of benzene rings is 1. The van der Waals surface area contributed by atoms with Gasteiger partial charge >= 0.3 is 0 Å². The molecule has 3 aromatic rings. The molecular weight excluding hydrogens is 241 g/mol. The lowest BCUT2D eigenvalue weighted by molar-refractivity contribution is 0.628. The first-order valence-electron chi connectivity index (χ1n) is 4.84. The van der Waals surface area contributed by atoms with Crippen LogP contribution in [0.25, 0.3) is 11.0 Å². The molecule has 0 amide bonds. The molecule has 2 aromatic heterocycles. The van der Waals surface area contributed by atoms with Gasteiger partial charge in [-0.05, 0) is 23.8 Å². The van der Waals surface area contributed by atoms with Gasteiger partial charge in [0.2, 0.25) is 4.96 Å². The minimum Gasteiger partial charge on any atom is -0.266 e. The molecule has 0 fully saturated rings. The number of fused-ring (bicyclic) bond motifs is 1. The van der Waals surface area contributed by atoms with Crippen molar-refractivity contribution in [3.05, 3.63) is 56.9 Å². The van der Waals surface area contributed by atoms with Crippen LogP contribution >= 0.6 is 11.3 Å². The largest absolute Gasteiger partial charge is 0.291 e. The molecule has 6 heteroatoms. The Morgan fingerprint density at radius 1 is 1.29 bits per heavy atom. The number of rotatable bonds is 1. The summed E-state index contributed by atoms with van der Waals surface area (Å²) in [6.07, 6.45) is 3.04. The van der Waals surface area contributed by atoms with Crippen LogP contribution in [0.5, 0.6) is 0 Å². The number of hydrogen-bond donors (Lipinski definition) is 0. The molecular formula is C11H6FN3OS. The smallest absolute Gasteiger partial charge is 0.266 e. The molecule has 0 aliphatic heterocycles. The lowest BCUT2D eigenvalue weighted by Gasteiger charge is -1.90.